The highest BCUT2D eigenvalue weighted by molar-refractivity contribution is 7.10. The summed E-state index contributed by atoms with van der Waals surface area (Å²) in [6.07, 6.45) is 4.65. The van der Waals surface area contributed by atoms with Crippen LogP contribution in [-0.2, 0) is 64.6 Å². The predicted octanol–water partition coefficient (Wildman–Crippen LogP) is 11.3. The van der Waals surface area contributed by atoms with E-state index in [1.807, 2.05) is 109 Å². The van der Waals surface area contributed by atoms with Gasteiger partial charge in [0.2, 0.25) is 5.91 Å². The number of benzene rings is 3. The molecular formula is C92H117F9N6O20S3. The summed E-state index contributed by atoms with van der Waals surface area (Å²) < 4.78 is 134. The van der Waals surface area contributed by atoms with Crippen LogP contribution < -0.4 is 45.5 Å². The standard InChI is InChI=1S/C29H38N2O5S.C29H41N2O4S.C28H36N2O5S.3C2HF3O2/c1-21(32)30-24-9-11-25(12-10-24)35-18-5-15-31-16-13-22(14-17-31)26(20-31)36-28(33)29(34,23-6-2-3-7-23)27-8-4-19-37-27;1-30(2)24-10-5-11-25(20-24)34-18-7-15-31-16-13-22(14-17-31)26(21-31)35-28(32)29(33,23-8-3-4-9-23)27-12-6-19-36-27;29-26(31)22-9-3-4-10-23(22)34-17-6-14-30-15-12-20(13-16-30)24(19-30)35-27(32)28(33,21-7-1-2-8-21)25-11-5-18-36-25;3*3-2(4,5)1(6)7/h4,8-12,19,22-23,26,34H,2-3,5-7,13-18,20H2,1H3;5-6,10-12,19-20,22-23,26,33H,3-4,7-9,13-18,21H2,1-2H3;3-5,9-11,18,20-21,24,33H,1-2,6-8,12-17,19H2,(H-,29,31);3*(H,6,7)/q;+1;;;;/p-1/t2*22?,26-,29+,31?;20?,24-,28+,30?;;;/m000.../s1. The van der Waals surface area contributed by atoms with Gasteiger partial charge >= 0.3 is 36.4 Å². The molecule has 38 heteroatoms. The van der Waals surface area contributed by atoms with Gasteiger partial charge in [-0.3, -0.25) is 9.59 Å². The van der Waals surface area contributed by atoms with Crippen LogP contribution in [0, 0.1) is 35.5 Å². The number of carboxylic acid groups (broad SMARTS) is 3. The number of primary amides is 1. The first-order valence-electron chi connectivity index (χ1n) is 44.3. The molecule has 2 amide bonds. The predicted molar refractivity (Wildman–Crippen MR) is 458 cm³/mol. The molecule has 0 radical (unpaired) electrons. The minimum absolute atomic E-state index is 0.0453. The van der Waals surface area contributed by atoms with Crippen LogP contribution in [-0.4, -0.2) is 226 Å². The number of quaternary nitrogens is 3. The molecule has 12 aliphatic rings. The van der Waals surface area contributed by atoms with E-state index in [9.17, 15) is 78.8 Å². The fraction of sp³-hybridized carbons (Fsp3) is 0.587. The van der Waals surface area contributed by atoms with Gasteiger partial charge in [0.1, 0.15) is 54.8 Å². The molecule has 9 aliphatic heterocycles. The maximum Gasteiger partial charge on any atom is 0.430 e. The number of amides is 2. The summed E-state index contributed by atoms with van der Waals surface area (Å²) >= 11 is 4.35. The van der Waals surface area contributed by atoms with Gasteiger partial charge in [-0.1, -0.05) is 74.9 Å². The number of hydrogen-bond acceptors (Lipinski definition) is 24. The van der Waals surface area contributed by atoms with E-state index in [0.29, 0.717) is 53.8 Å². The molecule has 6 aromatic rings. The Labute approximate surface area is 761 Å². The Bertz CT molecular complexity index is 4580. The summed E-state index contributed by atoms with van der Waals surface area (Å²) in [6, 6.07) is 34.0. The quantitative estimate of drug-likeness (QED) is 0.00919. The number of alkyl halides is 9. The number of esters is 3. The number of thiophene rings is 3. The number of carboxylic acids is 3. The normalized spacial score (nSPS) is 24.7. The second kappa shape index (κ2) is 45.5. The SMILES string of the molecule is CC(=O)Nc1ccc(OCCC[N+]23CCC(CC2)[C@@H](OC(=O)[C@](O)(c2cccs2)C2CCCC2)C3)cc1.CN(C)c1cccc(OCCC[N+]23CCC(CC2)[C@@H](OC(=O)[C@](O)(c2cccs2)C2CCCC2)C3)c1.NC(=O)c1ccccc1OCCC[N+]12CCC(CC1)[C@@H](OC(=O)[C@](O)(c1cccs1)C1CCCC1)C2.O=C([O-])C(F)(F)F.O=C([O-])C(F)(F)F.O=C([O-])C(F)(F)F. The third-order valence-corrected chi connectivity index (χ3v) is 29.8. The molecule has 716 valence electrons. The zero-order valence-electron chi connectivity index (χ0n) is 73.1. The number of anilines is 2. The lowest BCUT2D eigenvalue weighted by atomic mass is 9.82. The Balaban J connectivity index is 0.000000182. The first kappa shape index (κ1) is 103. The van der Waals surface area contributed by atoms with Crippen molar-refractivity contribution in [1.29, 1.82) is 0 Å². The number of halogens is 9. The van der Waals surface area contributed by atoms with Crippen molar-refractivity contribution in [2.45, 2.75) is 195 Å². The summed E-state index contributed by atoms with van der Waals surface area (Å²) in [5, 5.41) is 70.1. The first-order valence-corrected chi connectivity index (χ1v) is 46.9. The smallest absolute Gasteiger partial charge is 0.430 e. The van der Waals surface area contributed by atoms with Gasteiger partial charge in [0.25, 0.3) is 5.91 Å². The number of carbonyl (C=O) groups excluding carboxylic acids is 8. The van der Waals surface area contributed by atoms with E-state index in [1.165, 1.54) is 40.9 Å². The third-order valence-electron chi connectivity index (χ3n) is 26.8. The van der Waals surface area contributed by atoms with Gasteiger partial charge < -0.3 is 103 Å². The maximum absolute atomic E-state index is 13.6. The number of rotatable bonds is 30. The summed E-state index contributed by atoms with van der Waals surface area (Å²) in [6.45, 7) is 15.4. The fourth-order valence-electron chi connectivity index (χ4n) is 19.9. The van der Waals surface area contributed by atoms with Crippen LogP contribution in [0.25, 0.3) is 0 Å². The van der Waals surface area contributed by atoms with Crippen LogP contribution in [0.2, 0.25) is 0 Å². The molecule has 26 nitrogen and oxygen atoms in total. The monoisotopic (exact) mass is 1890 g/mol. The van der Waals surface area contributed by atoms with Crippen LogP contribution in [0.1, 0.15) is 167 Å². The number of hydrogen-bond donors (Lipinski definition) is 5. The molecule has 6 atom stereocenters. The van der Waals surface area contributed by atoms with Crippen LogP contribution in [0.4, 0.5) is 50.9 Å². The molecule has 12 heterocycles. The van der Waals surface area contributed by atoms with Gasteiger partial charge in [0.05, 0.1) is 84.3 Å². The van der Waals surface area contributed by atoms with E-state index in [4.69, 9.17) is 63.9 Å². The minimum atomic E-state index is -5.19. The highest BCUT2D eigenvalue weighted by Crippen LogP contribution is 2.49. The van der Waals surface area contributed by atoms with E-state index in [2.05, 4.69) is 22.3 Å². The van der Waals surface area contributed by atoms with Crippen molar-refractivity contribution >= 4 is 93.0 Å². The van der Waals surface area contributed by atoms with Crippen molar-refractivity contribution in [3.05, 3.63) is 146 Å². The number of nitrogens with zero attached hydrogens (tertiary/aromatic N) is 4. The maximum atomic E-state index is 13.6. The minimum Gasteiger partial charge on any atom is -0.542 e. The molecule has 12 fully saturated rings. The largest absolute Gasteiger partial charge is 0.542 e. The van der Waals surface area contributed by atoms with E-state index < -0.39 is 77.1 Å². The van der Waals surface area contributed by atoms with Crippen molar-refractivity contribution in [2.24, 2.45) is 41.2 Å². The summed E-state index contributed by atoms with van der Waals surface area (Å²) in [4.78, 5) is 94.2. The molecule has 130 heavy (non-hydrogen) atoms. The van der Waals surface area contributed by atoms with Crippen molar-refractivity contribution < 1.29 is 150 Å². The molecule has 0 spiro atoms. The van der Waals surface area contributed by atoms with E-state index in [1.54, 1.807) is 18.2 Å². The van der Waals surface area contributed by atoms with Crippen LogP contribution in [0.5, 0.6) is 17.2 Å². The molecule has 3 saturated carbocycles. The molecular weight excluding hydrogens is 1780 g/mol. The zero-order valence-corrected chi connectivity index (χ0v) is 75.5. The Morgan fingerprint density at radius 1 is 0.438 bits per heavy atom. The van der Waals surface area contributed by atoms with Crippen LogP contribution in [0.3, 0.4) is 0 Å². The molecule has 6 N–H and O–H groups in total. The molecule has 3 aromatic carbocycles. The van der Waals surface area contributed by atoms with Crippen molar-refractivity contribution in [3.63, 3.8) is 0 Å². The van der Waals surface area contributed by atoms with Crippen molar-refractivity contribution in [1.82, 2.24) is 0 Å². The highest BCUT2D eigenvalue weighted by Gasteiger charge is 2.57. The number of fused-ring (bicyclic) bond motifs is 9. The second-order valence-electron chi connectivity index (χ2n) is 35.5. The van der Waals surface area contributed by atoms with Gasteiger partial charge in [0.15, 0.2) is 35.1 Å². The topological polar surface area (TPSA) is 363 Å². The van der Waals surface area contributed by atoms with Crippen LogP contribution >= 0.6 is 34.0 Å². The number of aliphatic carboxylic acids is 3. The number of para-hydroxylation sites is 1. The molecule has 3 aliphatic carbocycles. The molecule has 0 unspecified atom stereocenters. The average molecular weight is 1890 g/mol. The Morgan fingerprint density at radius 3 is 1.06 bits per heavy atom. The number of carbonyl (C=O) groups is 8. The Hall–Kier alpha value is -9.15. The number of ether oxygens (including phenoxy) is 6. The lowest BCUT2D eigenvalue weighted by Gasteiger charge is -2.52. The summed E-state index contributed by atoms with van der Waals surface area (Å²) in [5.74, 6) is -7.72. The highest BCUT2D eigenvalue weighted by atomic mass is 32.1. The lowest BCUT2D eigenvalue weighted by Crippen LogP contribution is -2.65. The average Bonchev–Trinajstić information content (AvgIpc) is 1.38. The molecule has 3 aromatic heterocycles. The zero-order chi connectivity index (χ0) is 94.5. The third kappa shape index (κ3) is 27.1. The molecule has 9 saturated heterocycles. The second-order valence-corrected chi connectivity index (χ2v) is 38.4. The van der Waals surface area contributed by atoms with Gasteiger partial charge in [-0.2, -0.15) is 39.5 Å². The van der Waals surface area contributed by atoms with Crippen LogP contribution in [0.15, 0.2) is 125 Å². The molecule has 6 bridgehead atoms. The van der Waals surface area contributed by atoms with Gasteiger partial charge in [-0.15, -0.1) is 34.0 Å². The van der Waals surface area contributed by atoms with Crippen molar-refractivity contribution in [3.8, 4) is 17.2 Å². The number of aliphatic hydroxyl groups is 3. The fourth-order valence-corrected chi connectivity index (χ4v) is 22.5. The van der Waals surface area contributed by atoms with Crippen molar-refractivity contribution in [2.75, 3.05) is 123 Å². The number of nitrogens with one attached hydrogen (secondary N) is 1. The summed E-state index contributed by atoms with van der Waals surface area (Å²) in [5.41, 5.74) is 3.19. The Morgan fingerprint density at radius 2 is 0.762 bits per heavy atom. The van der Waals surface area contributed by atoms with E-state index in [-0.39, 0.29) is 42.0 Å². The molecule has 18 rings (SSSR count). The first-order chi connectivity index (χ1) is 61.5. The lowest BCUT2D eigenvalue weighted by molar-refractivity contribution is -0.946. The van der Waals surface area contributed by atoms with Gasteiger partial charge in [-0.05, 0) is 121 Å². The Kier molecular flexibility index (Phi) is 36.0. The van der Waals surface area contributed by atoms with E-state index >= 15 is 0 Å². The number of nitrogens with two attached hydrogens (primary N) is 1. The summed E-state index contributed by atoms with van der Waals surface area (Å²) in [7, 11) is 4.07. The number of piperidine rings is 9. The van der Waals surface area contributed by atoms with Gasteiger partial charge in [-0.25, -0.2) is 14.4 Å². The van der Waals surface area contributed by atoms with E-state index in [0.717, 1.165) is 259 Å². The van der Waals surface area contributed by atoms with Gasteiger partial charge in [0, 0.05) is 146 Å².